The molecule has 1 rings (SSSR count). The van der Waals surface area contributed by atoms with E-state index >= 15 is 0 Å². The van der Waals surface area contributed by atoms with Crippen LogP contribution in [-0.4, -0.2) is 61.3 Å². The van der Waals surface area contributed by atoms with Crippen LogP contribution in [0.3, 0.4) is 0 Å². The van der Waals surface area contributed by atoms with Crippen LogP contribution in [0.15, 0.2) is 0 Å². The fraction of sp³-hybridized carbons (Fsp3) is 0.867. The second kappa shape index (κ2) is 7.28. The van der Waals surface area contributed by atoms with Crippen molar-refractivity contribution in [2.24, 2.45) is 0 Å². The zero-order chi connectivity index (χ0) is 17.0. The molecule has 0 aromatic carbocycles. The Bertz CT molecular complexity index is 397. The summed E-state index contributed by atoms with van der Waals surface area (Å²) in [7, 11) is 1.29. The number of ether oxygens (including phenoxy) is 4. The Hall–Kier alpha value is -1.34. The molecule has 0 aromatic rings. The lowest BCUT2D eigenvalue weighted by Crippen LogP contribution is -2.51. The molecule has 0 N–H and O–H groups in total. The molecule has 1 heterocycles. The van der Waals surface area contributed by atoms with Gasteiger partial charge in [0.25, 0.3) is 0 Å². The van der Waals surface area contributed by atoms with E-state index in [2.05, 4.69) is 0 Å². The van der Waals surface area contributed by atoms with Gasteiger partial charge in [-0.25, -0.2) is 9.59 Å². The second-order valence-electron chi connectivity index (χ2n) is 6.34. The Morgan fingerprint density at radius 1 is 1.27 bits per heavy atom. The van der Waals surface area contributed by atoms with Crippen molar-refractivity contribution in [3.05, 3.63) is 0 Å². The zero-order valence-corrected chi connectivity index (χ0v) is 14.3. The average Bonchev–Trinajstić information content (AvgIpc) is 2.82. The van der Waals surface area contributed by atoms with Crippen molar-refractivity contribution in [3.8, 4) is 0 Å². The van der Waals surface area contributed by atoms with Crippen LogP contribution in [0.25, 0.3) is 0 Å². The van der Waals surface area contributed by atoms with Crippen molar-refractivity contribution in [2.75, 3.05) is 26.9 Å². The Labute approximate surface area is 131 Å². The smallest absolute Gasteiger partial charge is 0.411 e. The van der Waals surface area contributed by atoms with E-state index in [0.29, 0.717) is 19.8 Å². The third-order valence-electron chi connectivity index (χ3n) is 3.28. The van der Waals surface area contributed by atoms with Gasteiger partial charge >= 0.3 is 12.1 Å². The number of methoxy groups -OCH3 is 1. The molecular weight excluding hydrogens is 290 g/mol. The quantitative estimate of drug-likeness (QED) is 0.721. The molecular formula is C15H27NO6. The highest BCUT2D eigenvalue weighted by molar-refractivity contribution is 5.81. The minimum Gasteiger partial charge on any atom is -0.467 e. The predicted octanol–water partition coefficient (Wildman–Crippen LogP) is 1.94. The molecule has 1 amide bonds. The van der Waals surface area contributed by atoms with Crippen LogP contribution < -0.4 is 0 Å². The number of nitrogens with zero attached hydrogens (tertiary/aromatic N) is 1. The summed E-state index contributed by atoms with van der Waals surface area (Å²) >= 11 is 0. The van der Waals surface area contributed by atoms with Gasteiger partial charge in [0.1, 0.15) is 11.6 Å². The average molecular weight is 317 g/mol. The fourth-order valence-electron chi connectivity index (χ4n) is 2.28. The van der Waals surface area contributed by atoms with Gasteiger partial charge in [-0.2, -0.15) is 0 Å². The summed E-state index contributed by atoms with van der Waals surface area (Å²) in [5, 5.41) is 0. The molecule has 7 nitrogen and oxygen atoms in total. The molecule has 0 bridgehead atoms. The van der Waals surface area contributed by atoms with Gasteiger partial charge < -0.3 is 18.9 Å². The summed E-state index contributed by atoms with van der Waals surface area (Å²) < 4.78 is 21.3. The van der Waals surface area contributed by atoms with E-state index in [0.717, 1.165) is 0 Å². The zero-order valence-electron chi connectivity index (χ0n) is 14.3. The highest BCUT2D eigenvalue weighted by Gasteiger charge is 2.41. The maximum atomic E-state index is 12.3. The van der Waals surface area contributed by atoms with Gasteiger partial charge in [0.05, 0.1) is 20.3 Å². The first-order valence-electron chi connectivity index (χ1n) is 7.47. The maximum absolute atomic E-state index is 12.3. The molecule has 1 aliphatic rings. The molecule has 1 atom stereocenters. The van der Waals surface area contributed by atoms with E-state index in [1.807, 2.05) is 0 Å². The highest BCUT2D eigenvalue weighted by Crippen LogP contribution is 2.27. The lowest BCUT2D eigenvalue weighted by molar-refractivity contribution is -0.171. The summed E-state index contributed by atoms with van der Waals surface area (Å²) in [5.74, 6) is -1.43. The molecule has 0 unspecified atom stereocenters. The van der Waals surface area contributed by atoms with E-state index in [9.17, 15) is 9.59 Å². The van der Waals surface area contributed by atoms with Gasteiger partial charge in [0.2, 0.25) is 0 Å². The summed E-state index contributed by atoms with van der Waals surface area (Å²) in [5.41, 5.74) is -0.643. The minimum atomic E-state index is -0.908. The van der Waals surface area contributed by atoms with Gasteiger partial charge in [-0.15, -0.1) is 0 Å². The maximum Gasteiger partial charge on any atom is 0.411 e. The molecule has 1 saturated heterocycles. The van der Waals surface area contributed by atoms with Crippen LogP contribution in [0, 0.1) is 0 Å². The lowest BCUT2D eigenvalue weighted by Gasteiger charge is -2.34. The number of esters is 1. The lowest BCUT2D eigenvalue weighted by atomic mass is 10.1. The van der Waals surface area contributed by atoms with Crippen LogP contribution >= 0.6 is 0 Å². The third kappa shape index (κ3) is 5.14. The molecule has 0 saturated carbocycles. The molecule has 1 aliphatic heterocycles. The van der Waals surface area contributed by atoms with Gasteiger partial charge in [0.15, 0.2) is 5.79 Å². The number of rotatable bonds is 5. The normalized spacial score (nSPS) is 18.6. The van der Waals surface area contributed by atoms with E-state index in [4.69, 9.17) is 18.9 Å². The van der Waals surface area contributed by atoms with Crippen LogP contribution in [0.5, 0.6) is 0 Å². The largest absolute Gasteiger partial charge is 0.467 e. The summed E-state index contributed by atoms with van der Waals surface area (Å²) in [6.07, 6.45) is -0.376. The summed E-state index contributed by atoms with van der Waals surface area (Å²) in [4.78, 5) is 25.8. The second-order valence-corrected chi connectivity index (χ2v) is 6.34. The SMILES string of the molecule is CCN(C(=O)OC(C)(C)C)[C@@H](CC1(C)OCCO1)C(=O)OC. The Kier molecular flexibility index (Phi) is 6.19. The molecule has 0 aliphatic carbocycles. The molecule has 7 heteroatoms. The minimum absolute atomic E-state index is 0.187. The van der Waals surface area contributed by atoms with Crippen LogP contribution in [0.1, 0.15) is 41.0 Å². The molecule has 22 heavy (non-hydrogen) atoms. The van der Waals surface area contributed by atoms with Gasteiger partial charge in [-0.1, -0.05) is 0 Å². The van der Waals surface area contributed by atoms with Crippen molar-refractivity contribution < 1.29 is 28.5 Å². The van der Waals surface area contributed by atoms with E-state index in [1.165, 1.54) is 12.0 Å². The van der Waals surface area contributed by atoms with Crippen molar-refractivity contribution in [1.29, 1.82) is 0 Å². The number of carbonyl (C=O) groups is 2. The number of carbonyl (C=O) groups excluding carboxylic acids is 2. The monoisotopic (exact) mass is 317 g/mol. The van der Waals surface area contributed by atoms with Gasteiger partial charge in [-0.3, -0.25) is 4.90 Å². The highest BCUT2D eigenvalue weighted by atomic mass is 16.7. The van der Waals surface area contributed by atoms with Crippen molar-refractivity contribution >= 4 is 12.1 Å². The van der Waals surface area contributed by atoms with Crippen molar-refractivity contribution in [2.45, 2.75) is 58.5 Å². The summed E-state index contributed by atoms with van der Waals surface area (Å²) in [6.45, 7) is 10.1. The Morgan fingerprint density at radius 2 is 1.82 bits per heavy atom. The van der Waals surface area contributed by atoms with Crippen molar-refractivity contribution in [1.82, 2.24) is 4.90 Å². The van der Waals surface area contributed by atoms with Crippen molar-refractivity contribution in [3.63, 3.8) is 0 Å². The van der Waals surface area contributed by atoms with E-state index < -0.39 is 29.5 Å². The molecule has 0 aromatic heterocycles. The molecule has 0 radical (unpaired) electrons. The predicted molar refractivity (Wildman–Crippen MR) is 79.3 cm³/mol. The molecule has 0 spiro atoms. The van der Waals surface area contributed by atoms with Crippen LogP contribution in [0.2, 0.25) is 0 Å². The van der Waals surface area contributed by atoms with Crippen LogP contribution in [0.4, 0.5) is 4.79 Å². The first-order chi connectivity index (χ1) is 10.1. The van der Waals surface area contributed by atoms with Gasteiger partial charge in [0, 0.05) is 13.0 Å². The fourth-order valence-corrected chi connectivity index (χ4v) is 2.28. The molecule has 128 valence electrons. The first kappa shape index (κ1) is 18.7. The number of hydrogen-bond acceptors (Lipinski definition) is 6. The number of hydrogen-bond donors (Lipinski definition) is 0. The third-order valence-corrected chi connectivity index (χ3v) is 3.28. The number of amides is 1. The first-order valence-corrected chi connectivity index (χ1v) is 7.47. The van der Waals surface area contributed by atoms with Crippen LogP contribution in [-0.2, 0) is 23.7 Å². The topological polar surface area (TPSA) is 74.3 Å². The van der Waals surface area contributed by atoms with E-state index in [1.54, 1.807) is 34.6 Å². The van der Waals surface area contributed by atoms with Gasteiger partial charge in [-0.05, 0) is 34.6 Å². The number of likely N-dealkylation sites (N-methyl/N-ethyl adjacent to an activating group) is 1. The standard InChI is InChI=1S/C15H27NO6/c1-7-16(13(18)22-14(2,3)4)11(12(17)19-6)10-15(5)20-8-9-21-15/h11H,7-10H2,1-6H3/t11-/m0/s1. The van der Waals surface area contributed by atoms with E-state index in [-0.39, 0.29) is 6.42 Å². The molecule has 1 fully saturated rings. The Morgan fingerprint density at radius 3 is 2.23 bits per heavy atom. The summed E-state index contributed by atoms with van der Waals surface area (Å²) in [6, 6.07) is -0.826. The Balaban J connectivity index is 2.92.